The predicted octanol–water partition coefficient (Wildman–Crippen LogP) is 2.09. The Morgan fingerprint density at radius 3 is 2.75 bits per heavy atom. The van der Waals surface area contributed by atoms with Crippen LogP contribution in [0.3, 0.4) is 0 Å². The van der Waals surface area contributed by atoms with E-state index in [2.05, 4.69) is 4.74 Å². The Morgan fingerprint density at radius 1 is 1.50 bits per heavy atom. The fraction of sp³-hybridized carbons (Fsp3) is 0.273. The summed E-state index contributed by atoms with van der Waals surface area (Å²) < 4.78 is 9.78. The first kappa shape index (κ1) is 12.5. The van der Waals surface area contributed by atoms with E-state index < -0.39 is 12.1 Å². The van der Waals surface area contributed by atoms with Gasteiger partial charge >= 0.3 is 5.97 Å². The van der Waals surface area contributed by atoms with Crippen molar-refractivity contribution in [1.29, 1.82) is 0 Å². The molecule has 0 radical (unpaired) electrons. The summed E-state index contributed by atoms with van der Waals surface area (Å²) in [6.45, 7) is 1.56. The number of carbonyl (C=O) groups is 2. The molecule has 1 aromatic carbocycles. The Bertz CT molecular complexity index is 403. The van der Waals surface area contributed by atoms with Crippen LogP contribution in [0.25, 0.3) is 0 Å². The minimum atomic E-state index is -0.731. The van der Waals surface area contributed by atoms with Gasteiger partial charge in [0.25, 0.3) is 0 Å². The van der Waals surface area contributed by atoms with Crippen molar-refractivity contribution in [3.63, 3.8) is 0 Å². The molecule has 0 saturated carbocycles. The van der Waals surface area contributed by atoms with Gasteiger partial charge in [0, 0.05) is 5.56 Å². The highest BCUT2D eigenvalue weighted by molar-refractivity contribution is 6.33. The fourth-order valence-electron chi connectivity index (χ4n) is 1.10. The summed E-state index contributed by atoms with van der Waals surface area (Å²) in [5, 5.41) is 0.341. The molecule has 0 bridgehead atoms. The highest BCUT2D eigenvalue weighted by atomic mass is 35.5. The second-order valence-corrected chi connectivity index (χ2v) is 3.49. The van der Waals surface area contributed by atoms with Crippen molar-refractivity contribution in [3.05, 3.63) is 28.8 Å². The molecule has 5 heteroatoms. The summed E-state index contributed by atoms with van der Waals surface area (Å²) in [4.78, 5) is 21.7. The lowest BCUT2D eigenvalue weighted by atomic mass is 10.2. The maximum Gasteiger partial charge on any atom is 0.346 e. The minimum absolute atomic E-state index is 0.316. The van der Waals surface area contributed by atoms with Crippen molar-refractivity contribution < 1.29 is 19.1 Å². The molecule has 1 atom stereocenters. The van der Waals surface area contributed by atoms with Gasteiger partial charge in [0.1, 0.15) is 5.75 Å². The number of esters is 1. The van der Waals surface area contributed by atoms with Crippen molar-refractivity contribution in [2.45, 2.75) is 13.0 Å². The molecule has 0 amide bonds. The van der Waals surface area contributed by atoms with Crippen molar-refractivity contribution in [2.75, 3.05) is 7.11 Å². The Labute approximate surface area is 98.1 Å². The van der Waals surface area contributed by atoms with Crippen LogP contribution in [0.4, 0.5) is 0 Å². The lowest BCUT2D eigenvalue weighted by molar-refractivity contribution is -0.147. The molecular formula is C11H11ClO4. The number of rotatable bonds is 4. The smallest absolute Gasteiger partial charge is 0.346 e. The van der Waals surface area contributed by atoms with Crippen molar-refractivity contribution in [2.24, 2.45) is 0 Å². The van der Waals surface area contributed by atoms with Crippen LogP contribution in [-0.2, 0) is 9.53 Å². The number of aldehydes is 1. The third-order valence-corrected chi connectivity index (χ3v) is 2.28. The highest BCUT2D eigenvalue weighted by Crippen LogP contribution is 2.21. The molecule has 0 N–H and O–H groups in total. The van der Waals surface area contributed by atoms with Gasteiger partial charge < -0.3 is 9.47 Å². The van der Waals surface area contributed by atoms with Crippen molar-refractivity contribution in [3.8, 4) is 5.75 Å². The summed E-state index contributed by atoms with van der Waals surface area (Å²) >= 11 is 5.74. The van der Waals surface area contributed by atoms with E-state index in [4.69, 9.17) is 16.3 Å². The number of hydrogen-bond donors (Lipinski definition) is 0. The quantitative estimate of drug-likeness (QED) is 0.599. The Hall–Kier alpha value is -1.55. The largest absolute Gasteiger partial charge is 0.479 e. The molecule has 0 aromatic heterocycles. The van der Waals surface area contributed by atoms with Gasteiger partial charge in [-0.15, -0.1) is 0 Å². The van der Waals surface area contributed by atoms with Gasteiger partial charge in [0.15, 0.2) is 12.4 Å². The van der Waals surface area contributed by atoms with E-state index in [9.17, 15) is 9.59 Å². The van der Waals surface area contributed by atoms with Gasteiger partial charge in [0.2, 0.25) is 0 Å². The molecule has 0 unspecified atom stereocenters. The predicted molar refractivity (Wildman–Crippen MR) is 58.9 cm³/mol. The summed E-state index contributed by atoms with van der Waals surface area (Å²) in [5.74, 6) is -0.0907. The van der Waals surface area contributed by atoms with E-state index in [-0.39, 0.29) is 0 Å². The molecule has 1 aromatic rings. The maximum atomic E-state index is 11.1. The molecule has 0 spiro atoms. The van der Waals surface area contributed by atoms with Gasteiger partial charge in [-0.1, -0.05) is 11.6 Å². The fourth-order valence-corrected chi connectivity index (χ4v) is 1.27. The first-order valence-corrected chi connectivity index (χ1v) is 4.95. The van der Waals surface area contributed by atoms with Gasteiger partial charge in [-0.3, -0.25) is 4.79 Å². The van der Waals surface area contributed by atoms with Crippen LogP contribution < -0.4 is 4.74 Å². The second-order valence-electron chi connectivity index (χ2n) is 3.08. The Kier molecular flexibility index (Phi) is 4.31. The van der Waals surface area contributed by atoms with Crippen molar-refractivity contribution in [1.82, 2.24) is 0 Å². The second kappa shape index (κ2) is 5.51. The third kappa shape index (κ3) is 2.97. The lowest BCUT2D eigenvalue weighted by Gasteiger charge is -2.12. The van der Waals surface area contributed by atoms with E-state index in [1.807, 2.05) is 0 Å². The van der Waals surface area contributed by atoms with Gasteiger partial charge in [-0.05, 0) is 25.1 Å². The van der Waals surface area contributed by atoms with E-state index >= 15 is 0 Å². The van der Waals surface area contributed by atoms with Crippen LogP contribution >= 0.6 is 11.6 Å². The summed E-state index contributed by atoms with van der Waals surface area (Å²) in [7, 11) is 1.28. The molecule has 1 rings (SSSR count). The maximum absolute atomic E-state index is 11.1. The van der Waals surface area contributed by atoms with E-state index in [0.717, 1.165) is 0 Å². The zero-order valence-corrected chi connectivity index (χ0v) is 9.65. The highest BCUT2D eigenvalue weighted by Gasteiger charge is 2.15. The molecule has 4 nitrogen and oxygen atoms in total. The molecule has 0 aliphatic rings. The van der Waals surface area contributed by atoms with E-state index in [0.29, 0.717) is 22.6 Å². The molecule has 16 heavy (non-hydrogen) atoms. The van der Waals surface area contributed by atoms with Crippen LogP contribution in [0, 0.1) is 0 Å². The van der Waals surface area contributed by atoms with Gasteiger partial charge in [-0.25, -0.2) is 4.79 Å². The molecular weight excluding hydrogens is 232 g/mol. The number of methoxy groups -OCH3 is 1. The average Bonchev–Trinajstić information content (AvgIpc) is 2.30. The zero-order valence-electron chi connectivity index (χ0n) is 8.90. The normalized spacial score (nSPS) is 11.7. The average molecular weight is 243 g/mol. The monoisotopic (exact) mass is 242 g/mol. The first-order valence-electron chi connectivity index (χ1n) is 4.57. The standard InChI is InChI=1S/C11H11ClO4/c1-7(11(14)15-2)16-9-3-4-10(12)8(5-9)6-13/h3-7H,1-2H3/t7-/m1/s1. The Morgan fingerprint density at radius 2 is 2.19 bits per heavy atom. The zero-order chi connectivity index (χ0) is 12.1. The number of ether oxygens (including phenoxy) is 2. The van der Waals surface area contributed by atoms with Gasteiger partial charge in [0.05, 0.1) is 12.1 Å². The molecule has 0 saturated heterocycles. The first-order chi connectivity index (χ1) is 7.58. The lowest BCUT2D eigenvalue weighted by Crippen LogP contribution is -2.24. The number of halogens is 1. The summed E-state index contributed by atoms with van der Waals surface area (Å²) in [6, 6.07) is 4.58. The number of hydrogen-bond acceptors (Lipinski definition) is 4. The van der Waals surface area contributed by atoms with Crippen molar-refractivity contribution >= 4 is 23.9 Å². The summed E-state index contributed by atoms with van der Waals surface area (Å²) in [6.07, 6.45) is -0.108. The minimum Gasteiger partial charge on any atom is -0.479 e. The van der Waals surface area contributed by atoms with E-state index in [1.54, 1.807) is 13.0 Å². The number of carbonyl (C=O) groups excluding carboxylic acids is 2. The topological polar surface area (TPSA) is 52.6 Å². The van der Waals surface area contributed by atoms with Crippen LogP contribution in [0.15, 0.2) is 18.2 Å². The molecule has 0 aliphatic carbocycles. The molecule has 0 heterocycles. The SMILES string of the molecule is COC(=O)[C@@H](C)Oc1ccc(Cl)c(C=O)c1. The molecule has 0 aliphatic heterocycles. The summed E-state index contributed by atoms with van der Waals surface area (Å²) in [5.41, 5.74) is 0.316. The third-order valence-electron chi connectivity index (χ3n) is 1.94. The van der Waals surface area contributed by atoms with E-state index in [1.165, 1.54) is 19.2 Å². The van der Waals surface area contributed by atoms with Crippen LogP contribution in [0.2, 0.25) is 5.02 Å². The Balaban J connectivity index is 2.82. The van der Waals surface area contributed by atoms with Crippen LogP contribution in [0.1, 0.15) is 17.3 Å². The van der Waals surface area contributed by atoms with Crippen LogP contribution in [0.5, 0.6) is 5.75 Å². The van der Waals surface area contributed by atoms with Gasteiger partial charge in [-0.2, -0.15) is 0 Å². The van der Waals surface area contributed by atoms with Crippen LogP contribution in [-0.4, -0.2) is 25.5 Å². The number of benzene rings is 1. The molecule has 0 fully saturated rings. The molecule has 86 valence electrons.